The lowest BCUT2D eigenvalue weighted by Crippen LogP contribution is -2.15. The van der Waals surface area contributed by atoms with Gasteiger partial charge in [-0.2, -0.15) is 18.3 Å². The van der Waals surface area contributed by atoms with E-state index in [1.165, 1.54) is 27.6 Å². The zero-order chi connectivity index (χ0) is 20.6. The second-order valence-electron chi connectivity index (χ2n) is 8.22. The number of halogens is 3. The van der Waals surface area contributed by atoms with Crippen molar-refractivity contribution >= 4 is 27.2 Å². The van der Waals surface area contributed by atoms with Crippen LogP contribution in [0.2, 0.25) is 0 Å². The number of alkyl halides is 3. The molecular weight excluding hydrogens is 413 g/mol. The number of hydrogen-bond acceptors (Lipinski definition) is 5. The minimum absolute atomic E-state index is 0.130. The van der Waals surface area contributed by atoms with Crippen LogP contribution in [0.25, 0.3) is 15.9 Å². The van der Waals surface area contributed by atoms with Gasteiger partial charge in [0.2, 0.25) is 0 Å². The first kappa shape index (κ1) is 18.3. The maximum Gasteiger partial charge on any atom is 0.435 e. The molecule has 4 heterocycles. The van der Waals surface area contributed by atoms with Crippen molar-refractivity contribution in [2.75, 3.05) is 0 Å². The Kier molecular flexibility index (Phi) is 3.82. The molecule has 1 atom stereocenters. The molecule has 0 radical (unpaired) electrons. The lowest BCUT2D eigenvalue weighted by atomic mass is 9.97. The van der Waals surface area contributed by atoms with Crippen LogP contribution in [-0.4, -0.2) is 29.4 Å². The fourth-order valence-corrected chi connectivity index (χ4v) is 5.62. The Balaban J connectivity index is 1.48. The number of thiophene rings is 1. The van der Waals surface area contributed by atoms with E-state index in [0.29, 0.717) is 11.5 Å². The number of aromatic nitrogens is 6. The van der Waals surface area contributed by atoms with E-state index in [4.69, 9.17) is 4.98 Å². The molecule has 4 aromatic rings. The first-order chi connectivity index (χ1) is 14.4. The SMILES string of the molecule is C[C@H](c1nc2c3c4c(sc3ncn2n1)CCCC4)n1nc(C(F)(F)F)cc1C1CC1. The molecule has 0 bridgehead atoms. The van der Waals surface area contributed by atoms with Crippen molar-refractivity contribution in [2.45, 2.75) is 63.6 Å². The van der Waals surface area contributed by atoms with Gasteiger partial charge in [0.25, 0.3) is 0 Å². The number of rotatable bonds is 3. The molecule has 2 aliphatic rings. The van der Waals surface area contributed by atoms with Crippen molar-refractivity contribution in [2.24, 2.45) is 0 Å². The van der Waals surface area contributed by atoms with E-state index in [9.17, 15) is 13.2 Å². The second-order valence-corrected chi connectivity index (χ2v) is 9.30. The predicted molar refractivity (Wildman–Crippen MR) is 106 cm³/mol. The molecule has 0 unspecified atom stereocenters. The van der Waals surface area contributed by atoms with Crippen LogP contribution in [0.1, 0.15) is 72.2 Å². The molecule has 0 aromatic carbocycles. The molecule has 0 aliphatic heterocycles. The predicted octanol–water partition coefficient (Wildman–Crippen LogP) is 4.92. The third kappa shape index (κ3) is 2.76. The van der Waals surface area contributed by atoms with Crippen LogP contribution in [0.15, 0.2) is 12.4 Å². The molecule has 0 saturated heterocycles. The Hall–Kier alpha value is -2.49. The number of aryl methyl sites for hydroxylation is 2. The summed E-state index contributed by atoms with van der Waals surface area (Å²) in [5.74, 6) is 0.587. The third-order valence-corrected chi connectivity index (χ3v) is 7.30. The lowest BCUT2D eigenvalue weighted by molar-refractivity contribution is -0.141. The fourth-order valence-electron chi connectivity index (χ4n) is 4.40. The third-order valence-electron chi connectivity index (χ3n) is 6.10. The van der Waals surface area contributed by atoms with Gasteiger partial charge < -0.3 is 0 Å². The molecule has 30 heavy (non-hydrogen) atoms. The largest absolute Gasteiger partial charge is 0.435 e. The molecule has 0 N–H and O–H groups in total. The van der Waals surface area contributed by atoms with Crippen LogP contribution in [0.5, 0.6) is 0 Å². The first-order valence-electron chi connectivity index (χ1n) is 10.2. The van der Waals surface area contributed by atoms with Gasteiger partial charge in [0.1, 0.15) is 17.2 Å². The molecule has 2 aliphatic carbocycles. The Morgan fingerprint density at radius 3 is 2.73 bits per heavy atom. The second kappa shape index (κ2) is 6.26. The Bertz CT molecular complexity index is 1280. The minimum Gasteiger partial charge on any atom is -0.258 e. The summed E-state index contributed by atoms with van der Waals surface area (Å²) in [6.07, 6.45) is 3.37. The molecule has 10 heteroatoms. The van der Waals surface area contributed by atoms with Crippen molar-refractivity contribution in [1.82, 2.24) is 29.4 Å². The van der Waals surface area contributed by atoms with E-state index in [-0.39, 0.29) is 5.92 Å². The van der Waals surface area contributed by atoms with Crippen molar-refractivity contribution in [3.05, 3.63) is 40.0 Å². The summed E-state index contributed by atoms with van der Waals surface area (Å²) in [5.41, 5.74) is 1.81. The van der Waals surface area contributed by atoms with Gasteiger partial charge in [-0.05, 0) is 57.1 Å². The zero-order valence-corrected chi connectivity index (χ0v) is 17.1. The van der Waals surface area contributed by atoms with E-state index >= 15 is 0 Å². The van der Waals surface area contributed by atoms with Crippen LogP contribution < -0.4 is 0 Å². The zero-order valence-electron chi connectivity index (χ0n) is 16.3. The van der Waals surface area contributed by atoms with Crippen LogP contribution >= 0.6 is 11.3 Å². The summed E-state index contributed by atoms with van der Waals surface area (Å²) >= 11 is 1.71. The van der Waals surface area contributed by atoms with E-state index < -0.39 is 17.9 Å². The molecule has 0 spiro atoms. The number of hydrogen-bond donors (Lipinski definition) is 0. The topological polar surface area (TPSA) is 60.9 Å². The first-order valence-corrected chi connectivity index (χ1v) is 11.0. The van der Waals surface area contributed by atoms with Crippen molar-refractivity contribution in [3.63, 3.8) is 0 Å². The molecule has 1 saturated carbocycles. The van der Waals surface area contributed by atoms with Gasteiger partial charge in [0, 0.05) is 16.5 Å². The van der Waals surface area contributed by atoms with E-state index in [1.807, 2.05) is 6.92 Å². The van der Waals surface area contributed by atoms with Crippen LogP contribution in [0, 0.1) is 0 Å². The highest BCUT2D eigenvalue weighted by atomic mass is 32.1. The highest BCUT2D eigenvalue weighted by Gasteiger charge is 2.39. The van der Waals surface area contributed by atoms with Crippen LogP contribution in [0.3, 0.4) is 0 Å². The summed E-state index contributed by atoms with van der Waals surface area (Å²) in [6, 6.07) is 0.681. The van der Waals surface area contributed by atoms with Crippen LogP contribution in [0.4, 0.5) is 13.2 Å². The van der Waals surface area contributed by atoms with Gasteiger partial charge >= 0.3 is 6.18 Å². The quantitative estimate of drug-likeness (QED) is 0.461. The molecule has 0 amide bonds. The van der Waals surface area contributed by atoms with Gasteiger partial charge in [-0.3, -0.25) is 4.68 Å². The standard InChI is InChI=1S/C20H19F3N6S/c1-10(29-13(11-6-7-11)8-15(26-29)20(21,22)23)17-25-18-16-12-4-2-3-5-14(12)30-19(16)24-9-28(18)27-17/h8-11H,2-7H2,1H3/t10-/m1/s1. The molecule has 156 valence electrons. The molecule has 4 aromatic heterocycles. The highest BCUT2D eigenvalue weighted by Crippen LogP contribution is 2.43. The van der Waals surface area contributed by atoms with E-state index in [1.54, 1.807) is 22.2 Å². The van der Waals surface area contributed by atoms with E-state index in [2.05, 4.69) is 15.2 Å². The Labute approximate surface area is 173 Å². The maximum atomic E-state index is 13.3. The van der Waals surface area contributed by atoms with Crippen molar-refractivity contribution in [1.29, 1.82) is 0 Å². The summed E-state index contributed by atoms with van der Waals surface area (Å²) < 4.78 is 43.0. The molecular formula is C20H19F3N6S. The maximum absolute atomic E-state index is 13.3. The molecule has 6 nitrogen and oxygen atoms in total. The average molecular weight is 432 g/mol. The smallest absolute Gasteiger partial charge is 0.258 e. The monoisotopic (exact) mass is 432 g/mol. The van der Waals surface area contributed by atoms with Crippen molar-refractivity contribution < 1.29 is 13.2 Å². The lowest BCUT2D eigenvalue weighted by Gasteiger charge is -2.12. The molecule has 6 rings (SSSR count). The van der Waals surface area contributed by atoms with E-state index in [0.717, 1.165) is 48.0 Å². The van der Waals surface area contributed by atoms with Gasteiger partial charge in [-0.25, -0.2) is 14.5 Å². The number of nitrogens with zero attached hydrogens (tertiary/aromatic N) is 6. The highest BCUT2D eigenvalue weighted by molar-refractivity contribution is 7.19. The van der Waals surface area contributed by atoms with Gasteiger partial charge in [0.05, 0.1) is 5.39 Å². The Morgan fingerprint density at radius 1 is 1.17 bits per heavy atom. The number of fused-ring (bicyclic) bond motifs is 5. The summed E-state index contributed by atoms with van der Waals surface area (Å²) in [7, 11) is 0. The normalized spacial score (nSPS) is 18.3. The summed E-state index contributed by atoms with van der Waals surface area (Å²) in [6.45, 7) is 1.81. The molecule has 1 fully saturated rings. The Morgan fingerprint density at radius 2 is 1.97 bits per heavy atom. The summed E-state index contributed by atoms with van der Waals surface area (Å²) in [5, 5.41) is 9.51. The fraction of sp³-hybridized carbons (Fsp3) is 0.500. The average Bonchev–Trinajstić information content (AvgIpc) is 3.16. The van der Waals surface area contributed by atoms with Crippen molar-refractivity contribution in [3.8, 4) is 0 Å². The van der Waals surface area contributed by atoms with Gasteiger partial charge in [0.15, 0.2) is 17.2 Å². The summed E-state index contributed by atoms with van der Waals surface area (Å²) in [4.78, 5) is 11.7. The minimum atomic E-state index is -4.47. The van der Waals surface area contributed by atoms with Gasteiger partial charge in [-0.15, -0.1) is 16.4 Å². The van der Waals surface area contributed by atoms with Gasteiger partial charge in [-0.1, -0.05) is 0 Å². The van der Waals surface area contributed by atoms with Crippen LogP contribution in [-0.2, 0) is 19.0 Å².